The predicted octanol–water partition coefficient (Wildman–Crippen LogP) is 3.19. The van der Waals surface area contributed by atoms with Crippen molar-refractivity contribution in [3.8, 4) is 0 Å². The van der Waals surface area contributed by atoms with Crippen LogP contribution in [-0.2, 0) is 0 Å². The van der Waals surface area contributed by atoms with Gasteiger partial charge in [0.1, 0.15) is 0 Å². The highest BCUT2D eigenvalue weighted by atomic mass is 34.1. The third-order valence-corrected chi connectivity index (χ3v) is 15.5. The molecule has 0 bridgehead atoms. The van der Waals surface area contributed by atoms with E-state index in [0.29, 0.717) is 0 Å². The first-order valence-electron chi connectivity index (χ1n) is 1.52. The lowest BCUT2D eigenvalue weighted by molar-refractivity contribution is 0.222. The van der Waals surface area contributed by atoms with E-state index in [-0.39, 0.29) is 0 Å². The maximum Gasteiger partial charge on any atom is 0.364 e. The van der Waals surface area contributed by atoms with Crippen LogP contribution in [0.2, 0.25) is 0 Å². The van der Waals surface area contributed by atoms with Crippen molar-refractivity contribution in [3.63, 3.8) is 0 Å². The molecule has 0 aromatic rings. The van der Waals surface area contributed by atoms with Gasteiger partial charge in [-0.25, -0.2) is 4.79 Å². The number of rotatable bonds is 0. The average Bonchev–Trinajstić information content (AvgIpc) is 2.12. The molecule has 1 aliphatic rings. The van der Waals surface area contributed by atoms with E-state index in [2.05, 4.69) is 0 Å². The normalized spacial score (nSPS) is 23.8. The van der Waals surface area contributed by atoms with Gasteiger partial charge in [-0.2, -0.15) is 0 Å². The second-order valence-corrected chi connectivity index (χ2v) is 12.0. The summed E-state index contributed by atoms with van der Waals surface area (Å²) in [6.45, 7) is 0. The molecule has 1 saturated heterocycles. The Morgan fingerprint density at radius 3 is 2.12 bits per heavy atom. The molecule has 0 unspecified atom stereocenters. The monoisotopic (exact) mass is 206 g/mol. The maximum absolute atomic E-state index is 10.2. The Morgan fingerprint density at radius 2 is 1.88 bits per heavy atom. The van der Waals surface area contributed by atoms with Crippen LogP contribution >= 0.6 is 48.3 Å². The van der Waals surface area contributed by atoms with Crippen LogP contribution in [0.1, 0.15) is 0 Å². The first-order valence-corrected chi connectivity index (χ1v) is 8.88. The van der Waals surface area contributed by atoms with Crippen molar-refractivity contribution in [3.05, 3.63) is 0 Å². The molecule has 0 saturated carbocycles. The van der Waals surface area contributed by atoms with Gasteiger partial charge in [-0.15, -0.1) is 0 Å². The molecule has 2 nitrogen and oxygen atoms in total. The largest absolute Gasteiger partial charge is 0.473 e. The molecule has 48 valence electrons. The third kappa shape index (κ3) is 1.87. The zero-order valence-corrected chi connectivity index (χ0v) is 7.60. The van der Waals surface area contributed by atoms with Gasteiger partial charge in [-0.3, -0.25) is 0 Å². The van der Waals surface area contributed by atoms with Crippen LogP contribution in [0.15, 0.2) is 0 Å². The summed E-state index contributed by atoms with van der Waals surface area (Å²) in [5.41, 5.74) is 0. The van der Waals surface area contributed by atoms with E-state index in [1.54, 1.807) is 19.7 Å². The highest BCUT2D eigenvalue weighted by molar-refractivity contribution is 9.64. The fourth-order valence-electron chi connectivity index (χ4n) is 0.156. The molecule has 0 atom stereocenters. The van der Waals surface area contributed by atoms with E-state index in [4.69, 9.17) is 5.11 Å². The van der Waals surface area contributed by atoms with Crippen LogP contribution in [0.25, 0.3) is 0 Å². The summed E-state index contributed by atoms with van der Waals surface area (Å²) < 4.78 is 0. The SMILES string of the molecule is O=C(O)[SH]1SSSS1. The van der Waals surface area contributed by atoms with Gasteiger partial charge >= 0.3 is 5.30 Å². The fraction of sp³-hybridized carbons (Fsp3) is 0. The molecule has 0 aliphatic carbocycles. The van der Waals surface area contributed by atoms with E-state index in [1.807, 2.05) is 0 Å². The first kappa shape index (κ1) is 7.33. The van der Waals surface area contributed by atoms with Crippen molar-refractivity contribution in [1.82, 2.24) is 0 Å². The topological polar surface area (TPSA) is 37.3 Å². The van der Waals surface area contributed by atoms with Crippen molar-refractivity contribution in [2.75, 3.05) is 0 Å². The molecular formula is CH2O2S5. The Hall–Kier alpha value is 1.22. The molecule has 1 fully saturated rings. The van der Waals surface area contributed by atoms with Crippen molar-refractivity contribution in [2.45, 2.75) is 0 Å². The molecular weight excluding hydrogens is 204 g/mol. The Morgan fingerprint density at radius 1 is 1.38 bits per heavy atom. The molecule has 8 heavy (non-hydrogen) atoms. The minimum atomic E-state index is -0.828. The quantitative estimate of drug-likeness (QED) is 0.468. The van der Waals surface area contributed by atoms with Crippen molar-refractivity contribution < 1.29 is 9.90 Å². The van der Waals surface area contributed by atoms with Crippen LogP contribution in [0.4, 0.5) is 4.79 Å². The molecule has 0 aromatic heterocycles. The Labute approximate surface area is 63.3 Å². The van der Waals surface area contributed by atoms with Crippen LogP contribution in [0.3, 0.4) is 0 Å². The van der Waals surface area contributed by atoms with Crippen LogP contribution in [0.5, 0.6) is 0 Å². The summed E-state index contributed by atoms with van der Waals surface area (Å²) >= 11 is 0. The molecule has 0 radical (unpaired) electrons. The minimum absolute atomic E-state index is 0.660. The smallest absolute Gasteiger partial charge is 0.364 e. The zero-order valence-electron chi connectivity index (χ0n) is 3.44. The minimum Gasteiger partial charge on any atom is -0.473 e. The fourth-order valence-corrected chi connectivity index (χ4v) is 19.3. The second kappa shape index (κ2) is 3.40. The molecule has 1 N–H and O–H groups in total. The molecule has 1 aliphatic heterocycles. The summed E-state index contributed by atoms with van der Waals surface area (Å²) in [5.74, 6) is 0. The number of thiol groups is 1. The first-order chi connectivity index (χ1) is 3.80. The van der Waals surface area contributed by atoms with Gasteiger partial charge in [0.2, 0.25) is 0 Å². The van der Waals surface area contributed by atoms with Crippen molar-refractivity contribution >= 4 is 53.6 Å². The average molecular weight is 206 g/mol. The Kier molecular flexibility index (Phi) is 3.12. The van der Waals surface area contributed by atoms with Gasteiger partial charge in [0.15, 0.2) is 0 Å². The van der Waals surface area contributed by atoms with Gasteiger partial charge in [0.05, 0.1) is 0 Å². The van der Waals surface area contributed by atoms with E-state index >= 15 is 0 Å². The molecule has 1 rings (SSSR count). The Bertz CT molecular complexity index is 96.6. The van der Waals surface area contributed by atoms with E-state index < -0.39 is 14.3 Å². The van der Waals surface area contributed by atoms with Crippen LogP contribution in [0, 0.1) is 0 Å². The van der Waals surface area contributed by atoms with E-state index in [9.17, 15) is 4.79 Å². The molecule has 0 amide bonds. The van der Waals surface area contributed by atoms with Gasteiger partial charge in [-0.1, -0.05) is 0 Å². The van der Waals surface area contributed by atoms with E-state index in [0.717, 1.165) is 0 Å². The summed E-state index contributed by atoms with van der Waals surface area (Å²) in [4.78, 5) is 10.2. The summed E-state index contributed by atoms with van der Waals surface area (Å²) in [6, 6.07) is 0. The molecule has 0 spiro atoms. The molecule has 1 heterocycles. The molecule has 0 aromatic carbocycles. The number of hydrogen-bond acceptors (Lipinski definition) is 5. The van der Waals surface area contributed by atoms with Gasteiger partial charge in [-0.05, 0) is 48.3 Å². The summed E-state index contributed by atoms with van der Waals surface area (Å²) in [5, 5.41) is 7.71. The second-order valence-electron chi connectivity index (χ2n) is 0.825. The number of hydrogen-bond donors (Lipinski definition) is 2. The predicted molar refractivity (Wildman–Crippen MR) is 47.4 cm³/mol. The van der Waals surface area contributed by atoms with E-state index in [1.165, 1.54) is 19.7 Å². The highest BCUT2D eigenvalue weighted by Crippen LogP contribution is 2.75. The Balaban J connectivity index is 2.35. The third-order valence-electron chi connectivity index (χ3n) is 0.380. The molecule has 7 heteroatoms. The lowest BCUT2D eigenvalue weighted by Crippen LogP contribution is -1.81. The summed E-state index contributed by atoms with van der Waals surface area (Å²) in [6.07, 6.45) is 0. The van der Waals surface area contributed by atoms with Crippen molar-refractivity contribution in [2.24, 2.45) is 0 Å². The highest BCUT2D eigenvalue weighted by Gasteiger charge is 2.21. The van der Waals surface area contributed by atoms with Crippen molar-refractivity contribution in [1.29, 1.82) is 0 Å². The summed E-state index contributed by atoms with van der Waals surface area (Å²) in [7, 11) is 5.20. The lowest BCUT2D eigenvalue weighted by Gasteiger charge is -1.98. The maximum atomic E-state index is 10.2. The number of carboxylic acid groups (broad SMARTS) is 1. The van der Waals surface area contributed by atoms with Crippen LogP contribution in [-0.4, -0.2) is 10.4 Å². The standard InChI is InChI=1S/CH2O2S5/c2-1(3)8-6-4-5-7-8/h8H,(H,2,3). The zero-order chi connectivity index (χ0) is 5.98. The van der Waals surface area contributed by atoms with Gasteiger partial charge in [0, 0.05) is 0 Å². The van der Waals surface area contributed by atoms with Crippen LogP contribution < -0.4 is 0 Å². The lowest BCUT2D eigenvalue weighted by atomic mass is 11.6. The number of carbonyl (C=O) groups is 1. The van der Waals surface area contributed by atoms with Gasteiger partial charge in [0.25, 0.3) is 0 Å². The van der Waals surface area contributed by atoms with Gasteiger partial charge < -0.3 is 5.11 Å².